The third-order valence-corrected chi connectivity index (χ3v) is 10.6. The highest BCUT2D eigenvalue weighted by Gasteiger charge is 2.35. The van der Waals surface area contributed by atoms with E-state index < -0.39 is 10.0 Å². The first kappa shape index (κ1) is 56.6. The predicted octanol–water partition coefficient (Wildman–Crippen LogP) is 14.7. The van der Waals surface area contributed by atoms with Crippen molar-refractivity contribution < 1.29 is 13.2 Å². The molecule has 4 nitrogen and oxygen atoms in total. The molecule has 0 aliphatic heterocycles. The normalized spacial score (nSPS) is 13.7. The lowest BCUT2D eigenvalue weighted by Crippen LogP contribution is -2.32. The Bertz CT molecular complexity index is 1070. The van der Waals surface area contributed by atoms with Gasteiger partial charge in [-0.1, -0.05) is 167 Å². The minimum atomic E-state index is -2.94. The number of hydrogen-bond donors (Lipinski definition) is 1. The van der Waals surface area contributed by atoms with Gasteiger partial charge >= 0.3 is 0 Å². The lowest BCUT2D eigenvalue weighted by Gasteiger charge is -2.34. The van der Waals surface area contributed by atoms with Gasteiger partial charge in [-0.2, -0.15) is 0 Å². The van der Waals surface area contributed by atoms with Crippen molar-refractivity contribution in [2.24, 2.45) is 22.2 Å². The van der Waals surface area contributed by atoms with Crippen LogP contribution in [-0.2, 0) is 14.8 Å². The molecule has 1 fully saturated rings. The summed E-state index contributed by atoms with van der Waals surface area (Å²) in [5, 5.41) is -0.0881. The van der Waals surface area contributed by atoms with Crippen LogP contribution in [0.1, 0.15) is 215 Å². The van der Waals surface area contributed by atoms with Crippen molar-refractivity contribution in [3.63, 3.8) is 0 Å². The molecule has 1 aromatic carbocycles. The zero-order valence-electron chi connectivity index (χ0n) is 38.9. The fourth-order valence-electron chi connectivity index (χ4n) is 3.46. The molecule has 1 saturated carbocycles. The topological polar surface area (TPSA) is 55.4 Å². The van der Waals surface area contributed by atoms with E-state index in [1.807, 2.05) is 27.7 Å². The van der Waals surface area contributed by atoms with Crippen LogP contribution in [0.5, 0.6) is 0 Å². The Kier molecular flexibility index (Phi) is 29.5. The Hall–Kier alpha value is -1.17. The third-order valence-electron chi connectivity index (χ3n) is 8.46. The van der Waals surface area contributed by atoms with E-state index in [4.69, 9.17) is 4.74 Å². The van der Waals surface area contributed by atoms with Crippen molar-refractivity contribution in [1.29, 1.82) is 0 Å². The van der Waals surface area contributed by atoms with Gasteiger partial charge in [0.2, 0.25) is 10.0 Å². The van der Waals surface area contributed by atoms with E-state index >= 15 is 0 Å². The van der Waals surface area contributed by atoms with Crippen molar-refractivity contribution in [2.45, 2.75) is 227 Å². The number of sulfonamides is 1. The molecule has 0 spiro atoms. The van der Waals surface area contributed by atoms with Crippen LogP contribution in [0.25, 0.3) is 0 Å². The summed E-state index contributed by atoms with van der Waals surface area (Å²) < 4.78 is 30.5. The van der Waals surface area contributed by atoms with Crippen molar-refractivity contribution >= 4 is 10.0 Å². The Morgan fingerprint density at radius 1 is 0.745 bits per heavy atom. The van der Waals surface area contributed by atoms with Crippen LogP contribution in [0.3, 0.4) is 0 Å². The van der Waals surface area contributed by atoms with Crippen LogP contribution in [0.2, 0.25) is 0 Å². The highest BCUT2D eigenvalue weighted by Crippen LogP contribution is 2.36. The summed E-state index contributed by atoms with van der Waals surface area (Å²) in [5.41, 5.74) is 3.99. The molecular weight excluding hydrogens is 647 g/mol. The number of benzene rings is 1. The molecule has 306 valence electrons. The van der Waals surface area contributed by atoms with Crippen molar-refractivity contribution in [3.8, 4) is 0 Å². The summed E-state index contributed by atoms with van der Waals surface area (Å²) in [4.78, 5) is 0. The number of hydrogen-bond acceptors (Lipinski definition) is 3. The summed E-state index contributed by atoms with van der Waals surface area (Å²) in [6, 6.07) is 8.91. The molecule has 1 aromatic rings. The molecule has 0 radical (unpaired) electrons. The zero-order chi connectivity index (χ0) is 41.6. The summed E-state index contributed by atoms with van der Waals surface area (Å²) >= 11 is 0. The Balaban J connectivity index is -0.000000276. The summed E-state index contributed by atoms with van der Waals surface area (Å²) in [5.74, 6) is 2.17. The van der Waals surface area contributed by atoms with E-state index in [9.17, 15) is 8.42 Å². The van der Waals surface area contributed by atoms with Crippen LogP contribution in [0.15, 0.2) is 36.4 Å². The second kappa shape index (κ2) is 26.6. The van der Waals surface area contributed by atoms with Gasteiger partial charge in [-0.05, 0) is 106 Å². The summed E-state index contributed by atoms with van der Waals surface area (Å²) in [7, 11) is -2.94. The number of nitrogens with one attached hydrogen (secondary N) is 1. The Labute approximate surface area is 323 Å². The van der Waals surface area contributed by atoms with Gasteiger partial charge in [-0.3, -0.25) is 0 Å². The highest BCUT2D eigenvalue weighted by molar-refractivity contribution is 7.90. The molecule has 0 heterocycles. The highest BCUT2D eigenvalue weighted by atomic mass is 32.2. The average Bonchev–Trinajstić information content (AvgIpc) is 3.79. The van der Waals surface area contributed by atoms with Crippen LogP contribution < -0.4 is 4.72 Å². The maximum absolute atomic E-state index is 11.1. The molecule has 51 heavy (non-hydrogen) atoms. The van der Waals surface area contributed by atoms with Gasteiger partial charge < -0.3 is 4.74 Å². The fourth-order valence-corrected chi connectivity index (χ4v) is 5.07. The van der Waals surface area contributed by atoms with E-state index in [0.29, 0.717) is 28.8 Å². The maximum atomic E-state index is 11.1. The lowest BCUT2D eigenvalue weighted by atomic mass is 9.71. The van der Waals surface area contributed by atoms with Crippen molar-refractivity contribution in [2.75, 3.05) is 0 Å². The molecule has 0 bridgehead atoms. The molecule has 1 N–H and O–H groups in total. The van der Waals surface area contributed by atoms with E-state index in [1.54, 1.807) is 0 Å². The van der Waals surface area contributed by atoms with E-state index in [1.165, 1.54) is 17.5 Å². The smallest absolute Gasteiger partial charge is 0.214 e. The van der Waals surface area contributed by atoms with Crippen molar-refractivity contribution in [1.82, 2.24) is 4.72 Å². The van der Waals surface area contributed by atoms with Gasteiger partial charge in [0.1, 0.15) is 0 Å². The van der Waals surface area contributed by atoms with E-state index in [0.717, 1.165) is 25.2 Å². The summed E-state index contributed by atoms with van der Waals surface area (Å²) in [6.07, 6.45) is 8.72. The fraction of sp³-hybridized carbons (Fsp3) is 0.826. The monoisotopic (exact) mass is 740 g/mol. The second-order valence-electron chi connectivity index (χ2n) is 19.2. The standard InChI is InChI=1S/C13H26O.C12H18.C8H18.C6H13NO2S.C5H12.C2H6/c1-11(2)14-13(6,7)10-8-9-12(3,4)5;1-9(2)11-6-5-7-12(8-11)10(3)4;1-7(2,3)8(4,5)6;1-5(2)7-10(8,9)6-3-4-6;1-4-5(2)3;1-2/h8-9,11H,10H2,1-7H3;5-10H,1-4H3;1-6H3;5-7H,3-4H2,1-2H3;5H,4H2,1-3H3;1-2H3/b9-8+;;;;;. The van der Waals surface area contributed by atoms with Crippen LogP contribution in [0, 0.1) is 22.2 Å². The number of ether oxygens (including phenoxy) is 1. The molecule has 2 rings (SSSR count). The minimum Gasteiger partial charge on any atom is -0.373 e. The zero-order valence-corrected chi connectivity index (χ0v) is 39.7. The third kappa shape index (κ3) is 35.6. The molecule has 0 amide bonds. The summed E-state index contributed by atoms with van der Waals surface area (Å²) in [6.45, 7) is 51.9. The van der Waals surface area contributed by atoms with E-state index in [2.05, 4.69) is 180 Å². The SMILES string of the molecule is CC.CC(C)(C)C(C)(C)C.CC(C)NS(=O)(=O)C1CC1.CC(C)OC(C)(C)C/C=C/C(C)(C)C.CC(C)c1cccc(C(C)C)c1.CCC(C)C. The quantitative estimate of drug-likeness (QED) is 0.243. The molecule has 0 atom stereocenters. The first-order valence-electron chi connectivity index (χ1n) is 20.2. The number of rotatable bonds is 10. The Morgan fingerprint density at radius 2 is 1.12 bits per heavy atom. The molecule has 0 saturated heterocycles. The van der Waals surface area contributed by atoms with Gasteiger partial charge in [-0.15, -0.1) is 0 Å². The van der Waals surface area contributed by atoms with Gasteiger partial charge in [0.05, 0.1) is 17.0 Å². The van der Waals surface area contributed by atoms with Gasteiger partial charge in [0.25, 0.3) is 0 Å². The molecule has 0 aromatic heterocycles. The van der Waals surface area contributed by atoms with Gasteiger partial charge in [0, 0.05) is 6.04 Å². The van der Waals surface area contributed by atoms with Crippen LogP contribution >= 0.6 is 0 Å². The van der Waals surface area contributed by atoms with E-state index in [-0.39, 0.29) is 22.3 Å². The largest absolute Gasteiger partial charge is 0.373 e. The van der Waals surface area contributed by atoms with Gasteiger partial charge in [0.15, 0.2) is 0 Å². The average molecular weight is 740 g/mol. The number of allylic oxidation sites excluding steroid dienone is 1. The van der Waals surface area contributed by atoms with Crippen molar-refractivity contribution in [3.05, 3.63) is 47.5 Å². The molecule has 5 heteroatoms. The predicted molar refractivity (Wildman–Crippen MR) is 234 cm³/mol. The maximum Gasteiger partial charge on any atom is 0.214 e. The minimum absolute atomic E-state index is 0.0330. The second-order valence-corrected chi connectivity index (χ2v) is 21.2. The molecule has 1 aliphatic rings. The molecule has 0 unspecified atom stereocenters. The molecule has 1 aliphatic carbocycles. The Morgan fingerprint density at radius 3 is 1.35 bits per heavy atom. The van der Waals surface area contributed by atoms with Gasteiger partial charge in [-0.25, -0.2) is 13.1 Å². The first-order chi connectivity index (χ1) is 22.8. The first-order valence-corrected chi connectivity index (χ1v) is 21.8. The van der Waals surface area contributed by atoms with Crippen LogP contribution in [-0.4, -0.2) is 31.4 Å². The molecular formula is C46H93NO3S. The van der Waals surface area contributed by atoms with Crippen LogP contribution in [0.4, 0.5) is 0 Å². The lowest BCUT2D eigenvalue weighted by molar-refractivity contribution is -0.0531.